The normalized spacial score (nSPS) is 14.8. The van der Waals surface area contributed by atoms with Gasteiger partial charge in [-0.3, -0.25) is 4.79 Å². The van der Waals surface area contributed by atoms with E-state index < -0.39 is 6.04 Å². The van der Waals surface area contributed by atoms with Crippen molar-refractivity contribution in [3.05, 3.63) is 112 Å². The van der Waals surface area contributed by atoms with Gasteiger partial charge in [0, 0.05) is 27.0 Å². The van der Waals surface area contributed by atoms with Gasteiger partial charge in [0.25, 0.3) is 5.91 Å². The van der Waals surface area contributed by atoms with E-state index in [0.717, 1.165) is 11.1 Å². The minimum absolute atomic E-state index is 0.248. The Hall–Kier alpha value is -3.81. The molecule has 2 N–H and O–H groups in total. The molecule has 1 atom stereocenters. The number of fused-ring (bicyclic) bond motifs is 1. The lowest BCUT2D eigenvalue weighted by molar-refractivity contribution is -0.113. The summed E-state index contributed by atoms with van der Waals surface area (Å²) in [6.45, 7) is 2.20. The largest absolute Gasteiger partial charge is 0.489 e. The van der Waals surface area contributed by atoms with Crippen LogP contribution in [-0.4, -0.2) is 20.7 Å². The summed E-state index contributed by atoms with van der Waals surface area (Å²) >= 11 is 12.2. The van der Waals surface area contributed by atoms with Crippen molar-refractivity contribution in [1.29, 1.82) is 0 Å². The zero-order valence-electron chi connectivity index (χ0n) is 18.7. The molecular formula is C26H21Cl2N5O2. The summed E-state index contributed by atoms with van der Waals surface area (Å²) < 4.78 is 7.62. The van der Waals surface area contributed by atoms with Crippen molar-refractivity contribution in [2.75, 3.05) is 10.6 Å². The van der Waals surface area contributed by atoms with Gasteiger partial charge in [0.2, 0.25) is 5.95 Å². The number of aromatic nitrogens is 3. The van der Waals surface area contributed by atoms with Crippen LogP contribution in [0.2, 0.25) is 10.0 Å². The molecule has 0 saturated heterocycles. The zero-order chi connectivity index (χ0) is 24.4. The second-order valence-corrected chi connectivity index (χ2v) is 8.85. The highest BCUT2D eigenvalue weighted by Crippen LogP contribution is 2.36. The predicted octanol–water partition coefficient (Wildman–Crippen LogP) is 6.09. The van der Waals surface area contributed by atoms with Crippen molar-refractivity contribution in [2.45, 2.75) is 19.6 Å². The smallest absolute Gasteiger partial charge is 0.255 e. The summed E-state index contributed by atoms with van der Waals surface area (Å²) in [6.07, 6.45) is 1.46. The molecule has 3 aromatic carbocycles. The van der Waals surface area contributed by atoms with Crippen molar-refractivity contribution in [3.8, 4) is 5.75 Å². The molecule has 9 heteroatoms. The Bertz CT molecular complexity index is 1400. The summed E-state index contributed by atoms with van der Waals surface area (Å²) in [6, 6.07) is 21.7. The van der Waals surface area contributed by atoms with Crippen LogP contribution in [-0.2, 0) is 11.4 Å². The first kappa shape index (κ1) is 23.0. The van der Waals surface area contributed by atoms with Crippen LogP contribution in [0.3, 0.4) is 0 Å². The van der Waals surface area contributed by atoms with Crippen molar-refractivity contribution >= 4 is 40.7 Å². The van der Waals surface area contributed by atoms with E-state index in [-0.39, 0.29) is 5.91 Å². The lowest BCUT2D eigenvalue weighted by Gasteiger charge is -2.28. The molecule has 2 heterocycles. The number of nitrogens with zero attached hydrogens (tertiary/aromatic N) is 3. The molecule has 0 fully saturated rings. The Morgan fingerprint density at radius 1 is 1.06 bits per heavy atom. The third-order valence-corrected chi connectivity index (χ3v) is 6.31. The van der Waals surface area contributed by atoms with Crippen LogP contribution in [0.4, 0.5) is 11.6 Å². The molecule has 0 spiro atoms. The molecule has 1 aliphatic heterocycles. The molecular weight excluding hydrogens is 485 g/mol. The molecule has 0 bridgehead atoms. The number of hydrogen-bond acceptors (Lipinski definition) is 5. The van der Waals surface area contributed by atoms with Crippen LogP contribution in [0.25, 0.3) is 0 Å². The molecule has 1 aromatic heterocycles. The van der Waals surface area contributed by atoms with Gasteiger partial charge in [-0.2, -0.15) is 10.1 Å². The Morgan fingerprint density at radius 2 is 1.80 bits per heavy atom. The summed E-state index contributed by atoms with van der Waals surface area (Å²) in [4.78, 5) is 17.7. The van der Waals surface area contributed by atoms with Crippen molar-refractivity contribution < 1.29 is 9.53 Å². The number of allylic oxidation sites excluding steroid dienone is 1. The fourth-order valence-electron chi connectivity index (χ4n) is 3.95. The number of benzene rings is 3. The van der Waals surface area contributed by atoms with Gasteiger partial charge >= 0.3 is 0 Å². The van der Waals surface area contributed by atoms with Crippen LogP contribution in [0, 0.1) is 0 Å². The standard InChI is InChI=1S/C26H21Cl2N5O2/c1-16-23(25(34)32-20-10-8-19(27)9-11-20)24(33-26(31-16)29-15-30-33)17-6-12-21(13-7-17)35-14-18-4-2-3-5-22(18)28/h2-13,15,24H,14H2,1H3,(H,32,34)(H,29,30,31)/t24-/m0/s1. The minimum atomic E-state index is -0.473. The van der Waals surface area contributed by atoms with E-state index in [9.17, 15) is 4.79 Å². The summed E-state index contributed by atoms with van der Waals surface area (Å²) in [5, 5.41) is 11.8. The van der Waals surface area contributed by atoms with Crippen molar-refractivity contribution in [3.63, 3.8) is 0 Å². The number of hydrogen-bond donors (Lipinski definition) is 2. The van der Waals surface area contributed by atoms with E-state index >= 15 is 0 Å². The molecule has 0 aliphatic carbocycles. The molecule has 35 heavy (non-hydrogen) atoms. The minimum Gasteiger partial charge on any atom is -0.489 e. The number of carbonyl (C=O) groups is 1. The fraction of sp³-hybridized carbons (Fsp3) is 0.115. The maximum absolute atomic E-state index is 13.4. The first-order valence-electron chi connectivity index (χ1n) is 10.9. The average molecular weight is 506 g/mol. The van der Waals surface area contributed by atoms with Gasteiger partial charge in [-0.05, 0) is 55.0 Å². The van der Waals surface area contributed by atoms with Crippen LogP contribution >= 0.6 is 23.2 Å². The maximum Gasteiger partial charge on any atom is 0.255 e. The Balaban J connectivity index is 1.41. The van der Waals surface area contributed by atoms with Gasteiger partial charge in [0.15, 0.2) is 0 Å². The number of carbonyl (C=O) groups excluding carboxylic acids is 1. The summed E-state index contributed by atoms with van der Waals surface area (Å²) in [5.41, 5.74) is 3.64. The van der Waals surface area contributed by atoms with E-state index in [4.69, 9.17) is 27.9 Å². The molecule has 176 valence electrons. The van der Waals surface area contributed by atoms with Gasteiger partial charge < -0.3 is 15.4 Å². The molecule has 5 rings (SSSR count). The number of ether oxygens (including phenoxy) is 1. The molecule has 0 saturated carbocycles. The lowest BCUT2D eigenvalue weighted by atomic mass is 9.95. The van der Waals surface area contributed by atoms with Gasteiger partial charge in [-0.1, -0.05) is 53.5 Å². The third kappa shape index (κ3) is 4.87. The average Bonchev–Trinajstić information content (AvgIpc) is 3.32. The molecule has 1 amide bonds. The highest BCUT2D eigenvalue weighted by Gasteiger charge is 2.33. The van der Waals surface area contributed by atoms with Gasteiger partial charge in [-0.15, -0.1) is 0 Å². The topological polar surface area (TPSA) is 81.1 Å². The van der Waals surface area contributed by atoms with Crippen molar-refractivity contribution in [1.82, 2.24) is 14.8 Å². The Kier molecular flexibility index (Phi) is 6.44. The quantitative estimate of drug-likeness (QED) is 0.331. The van der Waals surface area contributed by atoms with Crippen LogP contribution in [0.15, 0.2) is 90.4 Å². The van der Waals surface area contributed by atoms with E-state index in [1.54, 1.807) is 28.9 Å². The summed E-state index contributed by atoms with van der Waals surface area (Å²) in [7, 11) is 0. The molecule has 1 aliphatic rings. The second kappa shape index (κ2) is 9.82. The molecule has 0 radical (unpaired) electrons. The van der Waals surface area contributed by atoms with Gasteiger partial charge in [0.05, 0.1) is 5.57 Å². The predicted molar refractivity (Wildman–Crippen MR) is 137 cm³/mol. The Labute approximate surface area is 212 Å². The van der Waals surface area contributed by atoms with Crippen molar-refractivity contribution in [2.24, 2.45) is 0 Å². The van der Waals surface area contributed by atoms with E-state index in [2.05, 4.69) is 20.7 Å². The third-order valence-electron chi connectivity index (χ3n) is 5.69. The highest BCUT2D eigenvalue weighted by molar-refractivity contribution is 6.31. The van der Waals surface area contributed by atoms with E-state index in [1.165, 1.54) is 6.33 Å². The number of rotatable bonds is 6. The fourth-order valence-corrected chi connectivity index (χ4v) is 4.26. The zero-order valence-corrected chi connectivity index (χ0v) is 20.2. The Morgan fingerprint density at radius 3 is 2.54 bits per heavy atom. The molecule has 7 nitrogen and oxygen atoms in total. The van der Waals surface area contributed by atoms with E-state index in [0.29, 0.717) is 45.3 Å². The van der Waals surface area contributed by atoms with Crippen LogP contribution in [0.5, 0.6) is 5.75 Å². The first-order chi connectivity index (χ1) is 17.0. The maximum atomic E-state index is 13.4. The molecule has 4 aromatic rings. The number of amides is 1. The first-order valence-corrected chi connectivity index (χ1v) is 11.7. The van der Waals surface area contributed by atoms with Gasteiger partial charge in [0.1, 0.15) is 24.7 Å². The highest BCUT2D eigenvalue weighted by atomic mass is 35.5. The second-order valence-electron chi connectivity index (χ2n) is 8.00. The SMILES string of the molecule is CC1=C(C(=O)Nc2ccc(Cl)cc2)[C@H](c2ccc(OCc3ccccc3Cl)cc2)n2ncnc2N1. The summed E-state index contributed by atoms with van der Waals surface area (Å²) in [5.74, 6) is 1.01. The number of halogens is 2. The monoisotopic (exact) mass is 505 g/mol. The van der Waals surface area contributed by atoms with Crippen LogP contribution in [0.1, 0.15) is 24.1 Å². The number of nitrogens with one attached hydrogen (secondary N) is 2. The number of anilines is 2. The van der Waals surface area contributed by atoms with Crippen LogP contribution < -0.4 is 15.4 Å². The molecule has 0 unspecified atom stereocenters. The van der Waals surface area contributed by atoms with Gasteiger partial charge in [-0.25, -0.2) is 4.68 Å². The lowest BCUT2D eigenvalue weighted by Crippen LogP contribution is -2.31. The van der Waals surface area contributed by atoms with E-state index in [1.807, 2.05) is 55.5 Å².